The van der Waals surface area contributed by atoms with E-state index in [0.29, 0.717) is 0 Å². The molecule has 1 amide bonds. The first-order valence-electron chi connectivity index (χ1n) is 5.16. The molecule has 0 aliphatic carbocycles. The number of halogens is 2. The minimum absolute atomic E-state index is 0.205. The fraction of sp³-hybridized carbons (Fsp3) is 0.364. The molecule has 1 aromatic rings. The molecule has 1 aliphatic rings. The van der Waals surface area contributed by atoms with Gasteiger partial charge in [-0.05, 0) is 31.5 Å². The van der Waals surface area contributed by atoms with Crippen LogP contribution >= 0.6 is 0 Å². The number of carbonyl (C=O) groups excluding carboxylic acids is 1. The Morgan fingerprint density at radius 2 is 2.19 bits per heavy atom. The molecule has 0 saturated carbocycles. The summed E-state index contributed by atoms with van der Waals surface area (Å²) in [6, 6.07) is 3.08. The average molecular weight is 226 g/mol. The van der Waals surface area contributed by atoms with Crippen molar-refractivity contribution in [3.05, 3.63) is 29.8 Å². The second-order valence-electron chi connectivity index (χ2n) is 3.77. The number of hydrogen-bond acceptors (Lipinski definition) is 2. The van der Waals surface area contributed by atoms with Crippen molar-refractivity contribution in [1.29, 1.82) is 0 Å². The van der Waals surface area contributed by atoms with Gasteiger partial charge < -0.3 is 10.6 Å². The fourth-order valence-electron chi connectivity index (χ4n) is 1.71. The highest BCUT2D eigenvalue weighted by atomic mass is 19.2. The Labute approximate surface area is 91.8 Å². The maximum Gasteiger partial charge on any atom is 0.241 e. The summed E-state index contributed by atoms with van der Waals surface area (Å²) in [4.78, 5) is 11.6. The van der Waals surface area contributed by atoms with Crippen molar-refractivity contribution in [2.24, 2.45) is 0 Å². The molecule has 0 radical (unpaired) electrons. The zero-order valence-electron chi connectivity index (χ0n) is 8.59. The first kappa shape index (κ1) is 11.0. The van der Waals surface area contributed by atoms with Crippen molar-refractivity contribution in [3.63, 3.8) is 0 Å². The van der Waals surface area contributed by atoms with Gasteiger partial charge in [0.1, 0.15) is 0 Å². The predicted octanol–water partition coefficient (Wildman–Crippen LogP) is 1.66. The summed E-state index contributed by atoms with van der Waals surface area (Å²) < 4.78 is 25.5. The smallest absolute Gasteiger partial charge is 0.241 e. The van der Waals surface area contributed by atoms with Crippen LogP contribution in [0.4, 0.5) is 14.5 Å². The van der Waals surface area contributed by atoms with Crippen molar-refractivity contribution < 1.29 is 13.6 Å². The molecule has 2 N–H and O–H groups in total. The molecule has 1 aromatic carbocycles. The van der Waals surface area contributed by atoms with Crippen LogP contribution in [0.3, 0.4) is 0 Å². The van der Waals surface area contributed by atoms with Crippen LogP contribution in [0.1, 0.15) is 12.8 Å². The van der Waals surface area contributed by atoms with Crippen molar-refractivity contribution >= 4 is 11.6 Å². The molecule has 1 aliphatic heterocycles. The average Bonchev–Trinajstić information content (AvgIpc) is 2.77. The van der Waals surface area contributed by atoms with E-state index < -0.39 is 11.6 Å². The van der Waals surface area contributed by atoms with Crippen molar-refractivity contribution in [3.8, 4) is 0 Å². The van der Waals surface area contributed by atoms with Gasteiger partial charge in [-0.2, -0.15) is 0 Å². The van der Waals surface area contributed by atoms with Crippen LogP contribution in [0, 0.1) is 11.6 Å². The molecule has 1 heterocycles. The molecule has 3 nitrogen and oxygen atoms in total. The molecule has 5 heteroatoms. The second-order valence-corrected chi connectivity index (χ2v) is 3.77. The van der Waals surface area contributed by atoms with Gasteiger partial charge in [0, 0.05) is 11.8 Å². The van der Waals surface area contributed by atoms with Crippen LogP contribution in [0.25, 0.3) is 0 Å². The molecule has 0 spiro atoms. The standard InChI is InChI=1S/C11H12F2N2O/c12-8-4-3-7(6-9(8)13)15-11(16)10-2-1-5-14-10/h3-4,6,10,14H,1-2,5H2,(H,15,16)/t10-/m0/s1. The van der Waals surface area contributed by atoms with E-state index in [1.54, 1.807) is 0 Å². The summed E-state index contributed by atoms with van der Waals surface area (Å²) in [6.45, 7) is 0.815. The Bertz CT molecular complexity index is 403. The Balaban J connectivity index is 2.02. The predicted molar refractivity (Wildman–Crippen MR) is 56.0 cm³/mol. The molecular weight excluding hydrogens is 214 g/mol. The lowest BCUT2D eigenvalue weighted by molar-refractivity contribution is -0.117. The van der Waals surface area contributed by atoms with E-state index in [0.717, 1.165) is 31.5 Å². The van der Waals surface area contributed by atoms with Gasteiger partial charge in [-0.3, -0.25) is 4.79 Å². The second kappa shape index (κ2) is 4.57. The van der Waals surface area contributed by atoms with Crippen LogP contribution < -0.4 is 10.6 Å². The van der Waals surface area contributed by atoms with Gasteiger partial charge in [0.15, 0.2) is 11.6 Å². The lowest BCUT2D eigenvalue weighted by Gasteiger charge is -2.10. The van der Waals surface area contributed by atoms with E-state index in [-0.39, 0.29) is 17.6 Å². The zero-order valence-corrected chi connectivity index (χ0v) is 8.59. The Kier molecular flexibility index (Phi) is 3.14. The number of amides is 1. The number of benzene rings is 1. The van der Waals surface area contributed by atoms with Crippen LogP contribution in [0.15, 0.2) is 18.2 Å². The summed E-state index contributed by atoms with van der Waals surface area (Å²) in [6.07, 6.45) is 1.73. The Morgan fingerprint density at radius 3 is 2.81 bits per heavy atom. The van der Waals surface area contributed by atoms with Crippen molar-refractivity contribution in [2.75, 3.05) is 11.9 Å². The van der Waals surface area contributed by atoms with E-state index in [2.05, 4.69) is 10.6 Å². The van der Waals surface area contributed by atoms with Crippen LogP contribution in [0.5, 0.6) is 0 Å². The maximum atomic E-state index is 12.9. The topological polar surface area (TPSA) is 41.1 Å². The third-order valence-corrected chi connectivity index (χ3v) is 2.56. The van der Waals surface area contributed by atoms with E-state index in [4.69, 9.17) is 0 Å². The molecule has 0 bridgehead atoms. The largest absolute Gasteiger partial charge is 0.325 e. The lowest BCUT2D eigenvalue weighted by atomic mass is 10.2. The molecule has 86 valence electrons. The number of rotatable bonds is 2. The van der Waals surface area contributed by atoms with Gasteiger partial charge >= 0.3 is 0 Å². The van der Waals surface area contributed by atoms with E-state index in [1.165, 1.54) is 6.07 Å². The van der Waals surface area contributed by atoms with E-state index in [1.807, 2.05) is 0 Å². The highest BCUT2D eigenvalue weighted by molar-refractivity contribution is 5.94. The Hall–Kier alpha value is -1.49. The highest BCUT2D eigenvalue weighted by Gasteiger charge is 2.21. The van der Waals surface area contributed by atoms with E-state index >= 15 is 0 Å². The lowest BCUT2D eigenvalue weighted by Crippen LogP contribution is -2.35. The summed E-state index contributed by atoms with van der Waals surface area (Å²) in [5.41, 5.74) is 0.276. The fourth-order valence-corrected chi connectivity index (χ4v) is 1.71. The first-order chi connectivity index (χ1) is 7.66. The van der Waals surface area contributed by atoms with Gasteiger partial charge in [0.25, 0.3) is 0 Å². The number of nitrogens with one attached hydrogen (secondary N) is 2. The van der Waals surface area contributed by atoms with Gasteiger partial charge in [-0.1, -0.05) is 0 Å². The molecule has 0 aromatic heterocycles. The third kappa shape index (κ3) is 2.36. The molecular formula is C11H12F2N2O. The summed E-state index contributed by atoms with van der Waals surface area (Å²) >= 11 is 0. The van der Waals surface area contributed by atoms with Gasteiger partial charge in [-0.25, -0.2) is 8.78 Å². The minimum atomic E-state index is -0.961. The third-order valence-electron chi connectivity index (χ3n) is 2.56. The molecule has 1 atom stereocenters. The summed E-state index contributed by atoms with van der Waals surface area (Å²) in [5.74, 6) is -2.09. The minimum Gasteiger partial charge on any atom is -0.325 e. The zero-order chi connectivity index (χ0) is 11.5. The summed E-state index contributed by atoms with van der Waals surface area (Å²) in [5, 5.41) is 5.57. The molecule has 2 rings (SSSR count). The molecule has 0 unspecified atom stereocenters. The first-order valence-corrected chi connectivity index (χ1v) is 5.16. The number of carbonyl (C=O) groups is 1. The monoisotopic (exact) mass is 226 g/mol. The van der Waals surface area contributed by atoms with Crippen LogP contribution in [0.2, 0.25) is 0 Å². The van der Waals surface area contributed by atoms with Crippen molar-refractivity contribution in [2.45, 2.75) is 18.9 Å². The summed E-state index contributed by atoms with van der Waals surface area (Å²) in [7, 11) is 0. The number of hydrogen-bond donors (Lipinski definition) is 2. The maximum absolute atomic E-state index is 12.9. The molecule has 1 saturated heterocycles. The van der Waals surface area contributed by atoms with Crippen LogP contribution in [-0.4, -0.2) is 18.5 Å². The quantitative estimate of drug-likeness (QED) is 0.805. The van der Waals surface area contributed by atoms with Gasteiger partial charge in [-0.15, -0.1) is 0 Å². The van der Waals surface area contributed by atoms with Crippen LogP contribution in [-0.2, 0) is 4.79 Å². The van der Waals surface area contributed by atoms with Gasteiger partial charge in [0.2, 0.25) is 5.91 Å². The molecule has 1 fully saturated rings. The SMILES string of the molecule is O=C(Nc1ccc(F)c(F)c1)[C@@H]1CCCN1. The van der Waals surface area contributed by atoms with E-state index in [9.17, 15) is 13.6 Å². The highest BCUT2D eigenvalue weighted by Crippen LogP contribution is 2.14. The van der Waals surface area contributed by atoms with Gasteiger partial charge in [0.05, 0.1) is 6.04 Å². The molecule has 16 heavy (non-hydrogen) atoms. The Morgan fingerprint density at radius 1 is 1.38 bits per heavy atom. The normalized spacial score (nSPS) is 19.8. The van der Waals surface area contributed by atoms with Crippen molar-refractivity contribution in [1.82, 2.24) is 5.32 Å². The number of anilines is 1.